The average Bonchev–Trinajstić information content (AvgIpc) is 3.14. The SMILES string of the molecule is CC(COCC1CC1)CC(C)c1ccccc1. The normalized spacial score (nSPS) is 18.9. The summed E-state index contributed by atoms with van der Waals surface area (Å²) in [7, 11) is 0. The fraction of sp³-hybridized carbons (Fsp3) is 0.625. The summed E-state index contributed by atoms with van der Waals surface area (Å²) >= 11 is 0. The molecule has 1 fully saturated rings. The molecule has 0 aliphatic heterocycles. The van der Waals surface area contributed by atoms with Crippen LogP contribution in [0.3, 0.4) is 0 Å². The molecule has 1 aromatic rings. The summed E-state index contributed by atoms with van der Waals surface area (Å²) in [6, 6.07) is 10.8. The molecular weight excluding hydrogens is 208 g/mol. The molecule has 0 saturated heterocycles. The summed E-state index contributed by atoms with van der Waals surface area (Å²) in [5, 5.41) is 0. The minimum absolute atomic E-state index is 0.635. The first-order valence-electron chi connectivity index (χ1n) is 6.88. The van der Waals surface area contributed by atoms with Gasteiger partial charge in [-0.3, -0.25) is 0 Å². The second-order valence-corrected chi connectivity index (χ2v) is 5.63. The Labute approximate surface area is 105 Å². The van der Waals surface area contributed by atoms with Crippen LogP contribution in [0.2, 0.25) is 0 Å². The standard InChI is InChI=1S/C16H24O/c1-13(11-17-12-15-8-9-15)10-14(2)16-6-4-3-5-7-16/h3-7,13-15H,8-12H2,1-2H3. The average molecular weight is 232 g/mol. The third-order valence-electron chi connectivity index (χ3n) is 3.58. The van der Waals surface area contributed by atoms with Crippen molar-refractivity contribution in [3.05, 3.63) is 35.9 Å². The molecule has 0 heterocycles. The van der Waals surface area contributed by atoms with Gasteiger partial charge in [0.05, 0.1) is 0 Å². The Morgan fingerprint density at radius 1 is 1.18 bits per heavy atom. The Balaban J connectivity index is 1.67. The highest BCUT2D eigenvalue weighted by Gasteiger charge is 2.21. The summed E-state index contributed by atoms with van der Waals surface area (Å²) in [6.45, 7) is 6.52. The van der Waals surface area contributed by atoms with Gasteiger partial charge in [0.25, 0.3) is 0 Å². The van der Waals surface area contributed by atoms with Gasteiger partial charge < -0.3 is 4.74 Å². The van der Waals surface area contributed by atoms with Gasteiger partial charge in [-0.2, -0.15) is 0 Å². The van der Waals surface area contributed by atoms with E-state index in [2.05, 4.69) is 44.2 Å². The lowest BCUT2D eigenvalue weighted by Gasteiger charge is -2.17. The Kier molecular flexibility index (Phi) is 4.61. The van der Waals surface area contributed by atoms with E-state index in [1.807, 2.05) is 0 Å². The molecular formula is C16H24O. The summed E-state index contributed by atoms with van der Waals surface area (Å²) < 4.78 is 5.76. The lowest BCUT2D eigenvalue weighted by atomic mass is 9.91. The fourth-order valence-electron chi connectivity index (χ4n) is 2.31. The van der Waals surface area contributed by atoms with Crippen LogP contribution in [0.25, 0.3) is 0 Å². The minimum Gasteiger partial charge on any atom is -0.381 e. The molecule has 1 aliphatic carbocycles. The van der Waals surface area contributed by atoms with Crippen LogP contribution in [-0.4, -0.2) is 13.2 Å². The third kappa shape index (κ3) is 4.51. The van der Waals surface area contributed by atoms with Crippen LogP contribution in [0.4, 0.5) is 0 Å². The minimum atomic E-state index is 0.635. The lowest BCUT2D eigenvalue weighted by molar-refractivity contribution is 0.0919. The van der Waals surface area contributed by atoms with E-state index in [4.69, 9.17) is 4.74 Å². The number of rotatable bonds is 7. The van der Waals surface area contributed by atoms with Crippen molar-refractivity contribution in [2.24, 2.45) is 11.8 Å². The maximum atomic E-state index is 5.76. The molecule has 1 heteroatoms. The fourth-order valence-corrected chi connectivity index (χ4v) is 2.31. The van der Waals surface area contributed by atoms with Crippen LogP contribution in [0, 0.1) is 11.8 Å². The van der Waals surface area contributed by atoms with Crippen molar-refractivity contribution in [3.8, 4) is 0 Å². The van der Waals surface area contributed by atoms with Crippen molar-refractivity contribution in [2.45, 2.75) is 39.0 Å². The Morgan fingerprint density at radius 3 is 2.53 bits per heavy atom. The van der Waals surface area contributed by atoms with E-state index in [1.54, 1.807) is 0 Å². The first-order valence-corrected chi connectivity index (χ1v) is 6.88. The molecule has 0 spiro atoms. The highest BCUT2D eigenvalue weighted by atomic mass is 16.5. The van der Waals surface area contributed by atoms with E-state index < -0.39 is 0 Å². The predicted molar refractivity (Wildman–Crippen MR) is 72.2 cm³/mol. The Hall–Kier alpha value is -0.820. The third-order valence-corrected chi connectivity index (χ3v) is 3.58. The van der Waals surface area contributed by atoms with Gasteiger partial charge in [-0.15, -0.1) is 0 Å². The van der Waals surface area contributed by atoms with Crippen molar-refractivity contribution in [1.82, 2.24) is 0 Å². The van der Waals surface area contributed by atoms with Crippen LogP contribution >= 0.6 is 0 Å². The topological polar surface area (TPSA) is 9.23 Å². The largest absolute Gasteiger partial charge is 0.381 e. The first-order chi connectivity index (χ1) is 8.25. The first kappa shape index (κ1) is 12.6. The molecule has 0 aromatic heterocycles. The van der Waals surface area contributed by atoms with Crippen molar-refractivity contribution < 1.29 is 4.74 Å². The van der Waals surface area contributed by atoms with Gasteiger partial charge in [0, 0.05) is 13.2 Å². The number of benzene rings is 1. The number of ether oxygens (including phenoxy) is 1. The van der Waals surface area contributed by atoms with E-state index in [0.29, 0.717) is 11.8 Å². The van der Waals surface area contributed by atoms with E-state index in [0.717, 1.165) is 19.1 Å². The summed E-state index contributed by atoms with van der Waals surface area (Å²) in [4.78, 5) is 0. The van der Waals surface area contributed by atoms with Crippen molar-refractivity contribution >= 4 is 0 Å². The highest BCUT2D eigenvalue weighted by molar-refractivity contribution is 5.18. The van der Waals surface area contributed by atoms with Gasteiger partial charge in [0.2, 0.25) is 0 Å². The molecule has 2 unspecified atom stereocenters. The molecule has 1 aliphatic rings. The summed E-state index contributed by atoms with van der Waals surface area (Å²) in [5.41, 5.74) is 1.45. The van der Waals surface area contributed by atoms with E-state index >= 15 is 0 Å². The van der Waals surface area contributed by atoms with E-state index in [1.165, 1.54) is 24.8 Å². The zero-order valence-electron chi connectivity index (χ0n) is 11.1. The molecule has 0 amide bonds. The van der Waals surface area contributed by atoms with Gasteiger partial charge in [-0.25, -0.2) is 0 Å². The van der Waals surface area contributed by atoms with E-state index in [9.17, 15) is 0 Å². The van der Waals surface area contributed by atoms with Crippen LogP contribution in [0.1, 0.15) is 44.6 Å². The maximum Gasteiger partial charge on any atom is 0.0494 e. The van der Waals surface area contributed by atoms with Gasteiger partial charge in [-0.05, 0) is 42.6 Å². The molecule has 94 valence electrons. The number of hydrogen-bond donors (Lipinski definition) is 0. The summed E-state index contributed by atoms with van der Waals surface area (Å²) in [5.74, 6) is 2.17. The smallest absolute Gasteiger partial charge is 0.0494 e. The van der Waals surface area contributed by atoms with Gasteiger partial charge in [-0.1, -0.05) is 44.2 Å². The predicted octanol–water partition coefficient (Wildman–Crippen LogP) is 4.24. The zero-order chi connectivity index (χ0) is 12.1. The van der Waals surface area contributed by atoms with Crippen molar-refractivity contribution in [2.75, 3.05) is 13.2 Å². The van der Waals surface area contributed by atoms with Crippen LogP contribution in [0.5, 0.6) is 0 Å². The highest BCUT2D eigenvalue weighted by Crippen LogP contribution is 2.29. The second-order valence-electron chi connectivity index (χ2n) is 5.63. The molecule has 0 bridgehead atoms. The molecule has 1 nitrogen and oxygen atoms in total. The molecule has 17 heavy (non-hydrogen) atoms. The summed E-state index contributed by atoms with van der Waals surface area (Å²) in [6.07, 6.45) is 3.98. The van der Waals surface area contributed by atoms with Crippen molar-refractivity contribution in [3.63, 3.8) is 0 Å². The van der Waals surface area contributed by atoms with Gasteiger partial charge >= 0.3 is 0 Å². The van der Waals surface area contributed by atoms with Crippen LogP contribution in [-0.2, 0) is 4.74 Å². The quantitative estimate of drug-likeness (QED) is 0.683. The molecule has 2 atom stereocenters. The Morgan fingerprint density at radius 2 is 1.88 bits per heavy atom. The zero-order valence-corrected chi connectivity index (χ0v) is 11.1. The Bertz CT molecular complexity index is 316. The molecule has 0 radical (unpaired) electrons. The van der Waals surface area contributed by atoms with Crippen LogP contribution < -0.4 is 0 Å². The monoisotopic (exact) mass is 232 g/mol. The van der Waals surface area contributed by atoms with Crippen LogP contribution in [0.15, 0.2) is 30.3 Å². The second kappa shape index (κ2) is 6.20. The number of hydrogen-bond acceptors (Lipinski definition) is 1. The van der Waals surface area contributed by atoms with Gasteiger partial charge in [0.1, 0.15) is 0 Å². The molecule has 1 aromatic carbocycles. The van der Waals surface area contributed by atoms with Crippen molar-refractivity contribution in [1.29, 1.82) is 0 Å². The molecule has 2 rings (SSSR count). The lowest BCUT2D eigenvalue weighted by Crippen LogP contribution is -2.10. The van der Waals surface area contributed by atoms with Gasteiger partial charge in [0.15, 0.2) is 0 Å². The molecule has 0 N–H and O–H groups in total. The molecule has 1 saturated carbocycles. The van der Waals surface area contributed by atoms with E-state index in [-0.39, 0.29) is 0 Å². The maximum absolute atomic E-state index is 5.76.